The third-order valence-corrected chi connectivity index (χ3v) is 4.83. The first-order valence-corrected chi connectivity index (χ1v) is 7.93. The molecule has 1 aromatic carbocycles. The molecule has 3 nitrogen and oxygen atoms in total. The van der Waals surface area contributed by atoms with Gasteiger partial charge in [-0.05, 0) is 23.8 Å². The molecular weight excluding hydrogens is 353 g/mol. The van der Waals surface area contributed by atoms with E-state index in [2.05, 4.69) is 20.9 Å². The van der Waals surface area contributed by atoms with Gasteiger partial charge in [0.1, 0.15) is 10.2 Å². The number of thioether (sulfide) groups is 1. The predicted molar refractivity (Wildman–Crippen MR) is 77.1 cm³/mol. The molecule has 0 fully saturated rings. The minimum absolute atomic E-state index is 0.0810. The van der Waals surface area contributed by atoms with Gasteiger partial charge >= 0.3 is 5.97 Å². The number of nitrogens with zero attached hydrogens (tertiary/aromatic N) is 1. The fraction of sp³-hybridized carbons (Fsp3) is 0.167. The highest BCUT2D eigenvalue weighted by molar-refractivity contribution is 9.10. The average Bonchev–Trinajstić information content (AvgIpc) is 2.77. The van der Waals surface area contributed by atoms with Crippen LogP contribution >= 0.6 is 39.0 Å². The summed E-state index contributed by atoms with van der Waals surface area (Å²) < 4.78 is 15.1. The Labute approximate surface area is 126 Å². The van der Waals surface area contributed by atoms with Crippen LogP contribution in [0, 0.1) is 5.82 Å². The molecule has 1 aromatic heterocycles. The van der Waals surface area contributed by atoms with Crippen molar-refractivity contribution in [1.29, 1.82) is 0 Å². The van der Waals surface area contributed by atoms with Crippen LogP contribution in [0.3, 0.4) is 0 Å². The van der Waals surface area contributed by atoms with Crippen LogP contribution in [-0.4, -0.2) is 16.1 Å². The maximum absolute atomic E-state index is 13.5. The Bertz CT molecular complexity index is 603. The van der Waals surface area contributed by atoms with E-state index in [0.717, 1.165) is 8.81 Å². The Balaban J connectivity index is 2.00. The Morgan fingerprint density at radius 1 is 1.53 bits per heavy atom. The van der Waals surface area contributed by atoms with Gasteiger partial charge in [-0.15, -0.1) is 11.3 Å². The summed E-state index contributed by atoms with van der Waals surface area (Å²) in [5, 5.41) is 10.4. The van der Waals surface area contributed by atoms with Crippen molar-refractivity contribution in [3.05, 3.63) is 45.1 Å². The van der Waals surface area contributed by atoms with Crippen LogP contribution in [0.4, 0.5) is 4.39 Å². The van der Waals surface area contributed by atoms with Crippen molar-refractivity contribution in [2.24, 2.45) is 0 Å². The number of thiazole rings is 1. The van der Waals surface area contributed by atoms with Crippen molar-refractivity contribution in [2.45, 2.75) is 16.5 Å². The first-order valence-electron chi connectivity index (χ1n) is 5.27. The summed E-state index contributed by atoms with van der Waals surface area (Å²) in [7, 11) is 0. The number of carboxylic acid groups (broad SMARTS) is 1. The van der Waals surface area contributed by atoms with E-state index < -0.39 is 5.97 Å². The Hall–Kier alpha value is -0.920. The third-order valence-electron chi connectivity index (χ3n) is 2.22. The second-order valence-electron chi connectivity index (χ2n) is 3.70. The maximum atomic E-state index is 13.5. The molecule has 0 aliphatic carbocycles. The lowest BCUT2D eigenvalue weighted by Gasteiger charge is -2.02. The molecule has 0 spiro atoms. The molecule has 0 saturated heterocycles. The molecule has 1 heterocycles. The molecule has 7 heteroatoms. The van der Waals surface area contributed by atoms with Crippen molar-refractivity contribution in [2.75, 3.05) is 0 Å². The van der Waals surface area contributed by atoms with Gasteiger partial charge < -0.3 is 5.11 Å². The predicted octanol–water partition coefficient (Wildman–Crippen LogP) is 3.96. The van der Waals surface area contributed by atoms with Crippen LogP contribution in [-0.2, 0) is 17.0 Å². The molecular formula is C12H9BrFNO2S2. The lowest BCUT2D eigenvalue weighted by atomic mass is 10.2. The minimum Gasteiger partial charge on any atom is -0.481 e. The number of benzene rings is 1. The van der Waals surface area contributed by atoms with Gasteiger partial charge in [0, 0.05) is 15.6 Å². The maximum Gasteiger partial charge on any atom is 0.309 e. The largest absolute Gasteiger partial charge is 0.481 e. The molecule has 1 N–H and O–H groups in total. The van der Waals surface area contributed by atoms with Gasteiger partial charge in [0.25, 0.3) is 0 Å². The lowest BCUT2D eigenvalue weighted by Crippen LogP contribution is -1.99. The van der Waals surface area contributed by atoms with Crippen molar-refractivity contribution in [3.63, 3.8) is 0 Å². The minimum atomic E-state index is -0.903. The fourth-order valence-electron chi connectivity index (χ4n) is 1.38. The van der Waals surface area contributed by atoms with Crippen molar-refractivity contribution in [1.82, 2.24) is 4.98 Å². The summed E-state index contributed by atoms with van der Waals surface area (Å²) in [4.78, 5) is 14.7. The smallest absolute Gasteiger partial charge is 0.309 e. The Kier molecular flexibility index (Phi) is 4.95. The van der Waals surface area contributed by atoms with E-state index in [9.17, 15) is 9.18 Å². The number of rotatable bonds is 5. The van der Waals surface area contributed by atoms with Gasteiger partial charge in [0.05, 0.1) is 12.1 Å². The average molecular weight is 362 g/mol. The van der Waals surface area contributed by atoms with Crippen LogP contribution in [0.5, 0.6) is 0 Å². The summed E-state index contributed by atoms with van der Waals surface area (Å²) in [6, 6.07) is 4.80. The normalized spacial score (nSPS) is 10.6. The molecule has 0 atom stereocenters. The van der Waals surface area contributed by atoms with Gasteiger partial charge in [0.2, 0.25) is 0 Å². The quantitative estimate of drug-likeness (QED) is 0.818. The lowest BCUT2D eigenvalue weighted by molar-refractivity contribution is -0.136. The van der Waals surface area contributed by atoms with Gasteiger partial charge in [-0.3, -0.25) is 4.79 Å². The standard InChI is InChI=1S/C12H9BrFNO2S2/c13-8-1-2-10(14)7(3-8)5-18-12-15-9(6-19-12)4-11(16)17/h1-3,6H,4-5H2,(H,16,17). The molecule has 0 amide bonds. The summed E-state index contributed by atoms with van der Waals surface area (Å²) >= 11 is 6.07. The van der Waals surface area contributed by atoms with Gasteiger partial charge in [-0.25, -0.2) is 9.37 Å². The van der Waals surface area contributed by atoms with Crippen LogP contribution in [0.25, 0.3) is 0 Å². The van der Waals surface area contributed by atoms with E-state index in [-0.39, 0.29) is 12.2 Å². The number of hydrogen-bond donors (Lipinski definition) is 1. The SMILES string of the molecule is O=C(O)Cc1csc(SCc2cc(Br)ccc2F)n1. The number of halogens is 2. The number of aliphatic carboxylic acids is 1. The monoisotopic (exact) mass is 361 g/mol. The summed E-state index contributed by atoms with van der Waals surface area (Å²) in [6.45, 7) is 0. The second-order valence-corrected chi connectivity index (χ2v) is 6.70. The van der Waals surface area contributed by atoms with Crippen LogP contribution in [0.1, 0.15) is 11.3 Å². The van der Waals surface area contributed by atoms with E-state index in [1.54, 1.807) is 17.5 Å². The number of hydrogen-bond acceptors (Lipinski definition) is 4. The molecule has 19 heavy (non-hydrogen) atoms. The molecule has 100 valence electrons. The highest BCUT2D eigenvalue weighted by atomic mass is 79.9. The van der Waals surface area contributed by atoms with E-state index in [1.165, 1.54) is 29.2 Å². The van der Waals surface area contributed by atoms with E-state index in [0.29, 0.717) is 17.0 Å². The highest BCUT2D eigenvalue weighted by Gasteiger charge is 2.08. The molecule has 0 unspecified atom stereocenters. The van der Waals surface area contributed by atoms with Crippen molar-refractivity contribution in [3.8, 4) is 0 Å². The summed E-state index contributed by atoms with van der Waals surface area (Å²) in [6.07, 6.45) is -0.0810. The fourth-order valence-corrected chi connectivity index (χ4v) is 3.61. The number of carbonyl (C=O) groups is 1. The molecule has 0 aliphatic rings. The zero-order valence-electron chi connectivity index (χ0n) is 9.60. The third kappa shape index (κ3) is 4.29. The Morgan fingerprint density at radius 2 is 2.32 bits per heavy atom. The summed E-state index contributed by atoms with van der Waals surface area (Å²) in [5.41, 5.74) is 1.13. The van der Waals surface area contributed by atoms with E-state index in [4.69, 9.17) is 5.11 Å². The van der Waals surface area contributed by atoms with Crippen LogP contribution < -0.4 is 0 Å². The van der Waals surface area contributed by atoms with Crippen molar-refractivity contribution >= 4 is 45.0 Å². The molecule has 0 saturated carbocycles. The molecule has 2 aromatic rings. The second kappa shape index (κ2) is 6.49. The zero-order chi connectivity index (χ0) is 13.8. The number of carboxylic acids is 1. The topological polar surface area (TPSA) is 50.2 Å². The molecule has 0 bridgehead atoms. The van der Waals surface area contributed by atoms with E-state index in [1.807, 2.05) is 0 Å². The zero-order valence-corrected chi connectivity index (χ0v) is 12.8. The van der Waals surface area contributed by atoms with Crippen LogP contribution in [0.2, 0.25) is 0 Å². The van der Waals surface area contributed by atoms with E-state index >= 15 is 0 Å². The van der Waals surface area contributed by atoms with Gasteiger partial charge in [0.15, 0.2) is 0 Å². The molecule has 0 radical (unpaired) electrons. The van der Waals surface area contributed by atoms with Crippen molar-refractivity contribution < 1.29 is 14.3 Å². The van der Waals surface area contributed by atoms with Gasteiger partial charge in [-0.2, -0.15) is 0 Å². The molecule has 0 aliphatic heterocycles. The number of aromatic nitrogens is 1. The van der Waals surface area contributed by atoms with Gasteiger partial charge in [-0.1, -0.05) is 27.7 Å². The Morgan fingerprint density at radius 3 is 3.05 bits per heavy atom. The van der Waals surface area contributed by atoms with Crippen LogP contribution in [0.15, 0.2) is 32.4 Å². The first-order chi connectivity index (χ1) is 9.04. The first kappa shape index (κ1) is 14.5. The molecule has 2 rings (SSSR count). The summed E-state index contributed by atoms with van der Waals surface area (Å²) in [5.74, 6) is -0.691. The highest BCUT2D eigenvalue weighted by Crippen LogP contribution is 2.28.